The summed E-state index contributed by atoms with van der Waals surface area (Å²) >= 11 is 0. The average molecular weight is 261 g/mol. The molecule has 1 aromatic carbocycles. The van der Waals surface area contributed by atoms with Crippen LogP contribution in [-0.4, -0.2) is 38.3 Å². The summed E-state index contributed by atoms with van der Waals surface area (Å²) in [4.78, 5) is 2.58. The van der Waals surface area contributed by atoms with Gasteiger partial charge in [-0.15, -0.1) is 0 Å². The van der Waals surface area contributed by atoms with Gasteiger partial charge in [-0.3, -0.25) is 4.90 Å². The van der Waals surface area contributed by atoms with E-state index in [-0.39, 0.29) is 0 Å². The summed E-state index contributed by atoms with van der Waals surface area (Å²) in [6.45, 7) is 5.34. The van der Waals surface area contributed by atoms with Gasteiger partial charge in [0.1, 0.15) is 5.75 Å². The van der Waals surface area contributed by atoms with Gasteiger partial charge >= 0.3 is 0 Å². The summed E-state index contributed by atoms with van der Waals surface area (Å²) in [6.07, 6.45) is 3.69. The first-order chi connectivity index (χ1) is 9.35. The van der Waals surface area contributed by atoms with Crippen molar-refractivity contribution in [3.8, 4) is 5.75 Å². The summed E-state index contributed by atoms with van der Waals surface area (Å²) in [5, 5.41) is 0. The van der Waals surface area contributed by atoms with E-state index in [1.165, 1.54) is 30.5 Å². The second-order valence-electron chi connectivity index (χ2n) is 5.70. The van der Waals surface area contributed by atoms with E-state index in [9.17, 15) is 0 Å². The van der Waals surface area contributed by atoms with Crippen LogP contribution in [-0.2, 0) is 17.7 Å². The van der Waals surface area contributed by atoms with Gasteiger partial charge in [-0.1, -0.05) is 6.07 Å². The molecule has 1 aromatic rings. The normalized spacial score (nSPS) is 23.9. The molecule has 1 saturated heterocycles. The predicted octanol–water partition coefficient (Wildman–Crippen LogP) is 2.48. The molecular weight excluding hydrogens is 238 g/mol. The van der Waals surface area contributed by atoms with Crippen LogP contribution >= 0.6 is 0 Å². The van der Waals surface area contributed by atoms with Crippen LogP contribution in [0.25, 0.3) is 0 Å². The monoisotopic (exact) mass is 261 g/mol. The van der Waals surface area contributed by atoms with E-state index >= 15 is 0 Å². The molecule has 0 aromatic heterocycles. The molecule has 0 saturated carbocycles. The zero-order valence-corrected chi connectivity index (χ0v) is 11.7. The summed E-state index contributed by atoms with van der Waals surface area (Å²) in [5.74, 6) is 1.71. The molecule has 2 aliphatic rings. The Morgan fingerprint density at radius 1 is 1.37 bits per heavy atom. The highest BCUT2D eigenvalue weighted by molar-refractivity contribution is 5.37. The molecule has 2 heterocycles. The smallest absolute Gasteiger partial charge is 0.119 e. The Bertz CT molecular complexity index is 427. The fraction of sp³-hybridized carbons (Fsp3) is 0.625. The zero-order valence-electron chi connectivity index (χ0n) is 11.7. The maximum absolute atomic E-state index is 5.58. The van der Waals surface area contributed by atoms with Crippen molar-refractivity contribution in [3.05, 3.63) is 29.3 Å². The number of benzene rings is 1. The van der Waals surface area contributed by atoms with E-state index in [4.69, 9.17) is 9.47 Å². The highest BCUT2D eigenvalue weighted by Gasteiger charge is 2.21. The van der Waals surface area contributed by atoms with Crippen LogP contribution in [0.2, 0.25) is 0 Å². The van der Waals surface area contributed by atoms with E-state index in [1.807, 2.05) is 0 Å². The fourth-order valence-electron chi connectivity index (χ4n) is 3.19. The number of rotatable bonds is 3. The molecule has 3 nitrogen and oxygen atoms in total. The van der Waals surface area contributed by atoms with Gasteiger partial charge in [-0.2, -0.15) is 0 Å². The van der Waals surface area contributed by atoms with Gasteiger partial charge in [-0.25, -0.2) is 0 Å². The molecule has 0 radical (unpaired) electrons. The molecule has 3 heteroatoms. The SMILES string of the molecule is COc1ccc2c(c1)CCN(C[C@H]1CCCOC1)C2. The largest absolute Gasteiger partial charge is 0.497 e. The minimum absolute atomic E-state index is 0.730. The Hall–Kier alpha value is -1.06. The third-order valence-corrected chi connectivity index (χ3v) is 4.28. The average Bonchev–Trinajstić information content (AvgIpc) is 2.48. The van der Waals surface area contributed by atoms with Crippen molar-refractivity contribution in [2.24, 2.45) is 5.92 Å². The van der Waals surface area contributed by atoms with Gasteiger partial charge < -0.3 is 9.47 Å². The molecule has 0 bridgehead atoms. The lowest BCUT2D eigenvalue weighted by molar-refractivity contribution is 0.0364. The van der Waals surface area contributed by atoms with Gasteiger partial charge in [0, 0.05) is 26.2 Å². The second kappa shape index (κ2) is 5.93. The van der Waals surface area contributed by atoms with Crippen molar-refractivity contribution in [1.82, 2.24) is 4.90 Å². The molecule has 104 valence electrons. The maximum Gasteiger partial charge on any atom is 0.119 e. The van der Waals surface area contributed by atoms with Crippen molar-refractivity contribution in [2.75, 3.05) is 33.4 Å². The van der Waals surface area contributed by atoms with E-state index in [2.05, 4.69) is 23.1 Å². The molecule has 0 spiro atoms. The third kappa shape index (κ3) is 3.10. The number of hydrogen-bond donors (Lipinski definition) is 0. The Morgan fingerprint density at radius 2 is 2.32 bits per heavy atom. The van der Waals surface area contributed by atoms with Crippen molar-refractivity contribution in [2.45, 2.75) is 25.8 Å². The lowest BCUT2D eigenvalue weighted by Gasteiger charge is -2.33. The van der Waals surface area contributed by atoms with Crippen molar-refractivity contribution < 1.29 is 9.47 Å². The highest BCUT2D eigenvalue weighted by atomic mass is 16.5. The van der Waals surface area contributed by atoms with Crippen LogP contribution in [0.5, 0.6) is 5.75 Å². The van der Waals surface area contributed by atoms with Gasteiger partial charge in [0.05, 0.1) is 13.7 Å². The number of hydrogen-bond acceptors (Lipinski definition) is 3. The number of ether oxygens (including phenoxy) is 2. The molecule has 0 amide bonds. The lowest BCUT2D eigenvalue weighted by atomic mass is 9.96. The van der Waals surface area contributed by atoms with Crippen LogP contribution in [0.15, 0.2) is 18.2 Å². The van der Waals surface area contributed by atoms with Gasteiger partial charge in [-0.05, 0) is 48.4 Å². The Labute approximate surface area is 115 Å². The Balaban J connectivity index is 1.61. The van der Waals surface area contributed by atoms with E-state index in [0.717, 1.165) is 44.4 Å². The summed E-state index contributed by atoms with van der Waals surface area (Å²) < 4.78 is 10.9. The first-order valence-corrected chi connectivity index (χ1v) is 7.31. The topological polar surface area (TPSA) is 21.7 Å². The quantitative estimate of drug-likeness (QED) is 0.834. The van der Waals surface area contributed by atoms with Crippen LogP contribution in [0, 0.1) is 5.92 Å². The second-order valence-corrected chi connectivity index (χ2v) is 5.70. The first kappa shape index (κ1) is 12.9. The Kier molecular flexibility index (Phi) is 4.04. The van der Waals surface area contributed by atoms with Gasteiger partial charge in [0.2, 0.25) is 0 Å². The summed E-state index contributed by atoms with van der Waals surface area (Å²) in [6, 6.07) is 6.49. The molecule has 1 fully saturated rings. The predicted molar refractivity (Wildman–Crippen MR) is 75.5 cm³/mol. The number of methoxy groups -OCH3 is 1. The van der Waals surface area contributed by atoms with E-state index in [1.54, 1.807) is 7.11 Å². The van der Waals surface area contributed by atoms with Crippen molar-refractivity contribution >= 4 is 0 Å². The van der Waals surface area contributed by atoms with Crippen LogP contribution in [0.3, 0.4) is 0 Å². The van der Waals surface area contributed by atoms with E-state index < -0.39 is 0 Å². The molecule has 1 atom stereocenters. The van der Waals surface area contributed by atoms with Gasteiger partial charge in [0.15, 0.2) is 0 Å². The van der Waals surface area contributed by atoms with E-state index in [0.29, 0.717) is 0 Å². The molecule has 0 unspecified atom stereocenters. The third-order valence-electron chi connectivity index (χ3n) is 4.28. The zero-order chi connectivity index (χ0) is 13.1. The Morgan fingerprint density at radius 3 is 3.11 bits per heavy atom. The molecule has 0 aliphatic carbocycles. The number of fused-ring (bicyclic) bond motifs is 1. The van der Waals surface area contributed by atoms with Crippen LogP contribution in [0.1, 0.15) is 24.0 Å². The standard InChI is InChI=1S/C16H23NO2/c1-18-16-5-4-15-11-17(7-6-14(15)9-16)10-13-3-2-8-19-12-13/h4-5,9,13H,2-3,6-8,10-12H2,1H3/t13-/m1/s1. The minimum atomic E-state index is 0.730. The first-order valence-electron chi connectivity index (χ1n) is 7.31. The fourth-order valence-corrected chi connectivity index (χ4v) is 3.19. The molecule has 19 heavy (non-hydrogen) atoms. The number of nitrogens with zero attached hydrogens (tertiary/aromatic N) is 1. The molecule has 3 rings (SSSR count). The molecule has 0 N–H and O–H groups in total. The summed E-state index contributed by atoms with van der Waals surface area (Å²) in [5.41, 5.74) is 2.92. The lowest BCUT2D eigenvalue weighted by Crippen LogP contribution is -2.37. The van der Waals surface area contributed by atoms with Gasteiger partial charge in [0.25, 0.3) is 0 Å². The highest BCUT2D eigenvalue weighted by Crippen LogP contribution is 2.25. The summed E-state index contributed by atoms with van der Waals surface area (Å²) in [7, 11) is 1.74. The maximum atomic E-state index is 5.58. The van der Waals surface area contributed by atoms with Crippen molar-refractivity contribution in [1.29, 1.82) is 0 Å². The molecule has 2 aliphatic heterocycles. The van der Waals surface area contributed by atoms with Crippen LogP contribution < -0.4 is 4.74 Å². The molecular formula is C16H23NO2. The minimum Gasteiger partial charge on any atom is -0.497 e. The van der Waals surface area contributed by atoms with Crippen LogP contribution in [0.4, 0.5) is 0 Å². The van der Waals surface area contributed by atoms with Crippen molar-refractivity contribution in [3.63, 3.8) is 0 Å².